The third-order valence-corrected chi connectivity index (χ3v) is 5.21. The van der Waals surface area contributed by atoms with Gasteiger partial charge in [-0.1, -0.05) is 24.3 Å². The van der Waals surface area contributed by atoms with Crippen LogP contribution in [0.1, 0.15) is 29.8 Å². The minimum Gasteiger partial charge on any atom is -0.497 e. The number of methoxy groups -OCH3 is 1. The molecule has 0 radical (unpaired) electrons. The van der Waals surface area contributed by atoms with E-state index in [1.165, 1.54) is 11.1 Å². The highest BCUT2D eigenvalue weighted by Gasteiger charge is 2.17. The average molecular weight is 378 g/mol. The Hall–Kier alpha value is -2.86. The van der Waals surface area contributed by atoms with Gasteiger partial charge >= 0.3 is 0 Å². The van der Waals surface area contributed by atoms with Gasteiger partial charge in [-0.05, 0) is 36.2 Å². The summed E-state index contributed by atoms with van der Waals surface area (Å²) in [7, 11) is 1.65. The van der Waals surface area contributed by atoms with Gasteiger partial charge in [0.2, 0.25) is 5.91 Å². The van der Waals surface area contributed by atoms with E-state index in [-0.39, 0.29) is 5.91 Å². The fourth-order valence-electron chi connectivity index (χ4n) is 3.72. The van der Waals surface area contributed by atoms with Crippen LogP contribution in [0, 0.1) is 0 Å². The van der Waals surface area contributed by atoms with E-state index in [1.54, 1.807) is 7.11 Å². The molecule has 6 nitrogen and oxygen atoms in total. The third kappa shape index (κ3) is 4.34. The summed E-state index contributed by atoms with van der Waals surface area (Å²) in [6, 6.07) is 14.3. The summed E-state index contributed by atoms with van der Waals surface area (Å²) in [6.07, 6.45) is 2.12. The predicted octanol–water partition coefficient (Wildman–Crippen LogP) is 3.03. The van der Waals surface area contributed by atoms with Gasteiger partial charge in [0.25, 0.3) is 0 Å². The first-order valence-electron chi connectivity index (χ1n) is 9.80. The van der Waals surface area contributed by atoms with E-state index in [9.17, 15) is 4.79 Å². The van der Waals surface area contributed by atoms with Gasteiger partial charge in [0.15, 0.2) is 0 Å². The number of ether oxygens (including phenoxy) is 1. The van der Waals surface area contributed by atoms with Gasteiger partial charge in [0.1, 0.15) is 11.6 Å². The number of hydrogen-bond acceptors (Lipinski definition) is 4. The van der Waals surface area contributed by atoms with Crippen LogP contribution in [0.2, 0.25) is 0 Å². The second-order valence-electron chi connectivity index (χ2n) is 7.25. The standard InChI is InChI=1S/C22H26N4O2/c1-28-18-8-9-19-20(13-18)25-21(24-19)10-11-23-22(27)7-4-12-26-14-16-5-2-3-6-17(16)15-26/h2-3,5-6,8-9,13H,4,7,10-12,14-15H2,1H3,(H,23,27)(H,24,25). The summed E-state index contributed by atoms with van der Waals surface area (Å²) >= 11 is 0. The number of hydrogen-bond donors (Lipinski definition) is 2. The molecule has 0 spiro atoms. The van der Waals surface area contributed by atoms with E-state index < -0.39 is 0 Å². The number of H-pyrrole nitrogens is 1. The van der Waals surface area contributed by atoms with Gasteiger partial charge in [0, 0.05) is 38.5 Å². The number of carbonyl (C=O) groups is 1. The molecular formula is C22H26N4O2. The van der Waals surface area contributed by atoms with Crippen molar-refractivity contribution in [2.24, 2.45) is 0 Å². The Labute approximate surface area is 164 Å². The zero-order chi connectivity index (χ0) is 19.3. The number of nitrogens with one attached hydrogen (secondary N) is 2. The first kappa shape index (κ1) is 18.5. The Kier molecular flexibility index (Phi) is 5.58. The third-order valence-electron chi connectivity index (χ3n) is 5.21. The van der Waals surface area contributed by atoms with Gasteiger partial charge in [0.05, 0.1) is 18.1 Å². The summed E-state index contributed by atoms with van der Waals surface area (Å²) in [6.45, 7) is 3.53. The Morgan fingerprint density at radius 2 is 2.00 bits per heavy atom. The molecule has 0 saturated heterocycles. The Balaban J connectivity index is 1.16. The lowest BCUT2D eigenvalue weighted by atomic mass is 10.1. The van der Waals surface area contributed by atoms with Crippen LogP contribution in [0.25, 0.3) is 11.0 Å². The molecule has 1 aromatic heterocycles. The highest BCUT2D eigenvalue weighted by atomic mass is 16.5. The van der Waals surface area contributed by atoms with Crippen molar-refractivity contribution in [3.05, 3.63) is 59.4 Å². The Morgan fingerprint density at radius 1 is 1.21 bits per heavy atom. The average Bonchev–Trinajstić information content (AvgIpc) is 3.30. The largest absolute Gasteiger partial charge is 0.497 e. The molecule has 2 N–H and O–H groups in total. The van der Waals surface area contributed by atoms with Crippen LogP contribution in [0.3, 0.4) is 0 Å². The van der Waals surface area contributed by atoms with Crippen molar-refractivity contribution in [3.8, 4) is 5.75 Å². The first-order chi connectivity index (χ1) is 13.7. The number of imidazole rings is 1. The molecule has 0 fully saturated rings. The van der Waals surface area contributed by atoms with Crippen molar-refractivity contribution in [1.29, 1.82) is 0 Å². The lowest BCUT2D eigenvalue weighted by Gasteiger charge is -2.14. The molecule has 0 bridgehead atoms. The van der Waals surface area contributed by atoms with Crippen molar-refractivity contribution >= 4 is 16.9 Å². The lowest BCUT2D eigenvalue weighted by molar-refractivity contribution is -0.121. The zero-order valence-electron chi connectivity index (χ0n) is 16.2. The summed E-state index contributed by atoms with van der Waals surface area (Å²) in [4.78, 5) is 22.3. The van der Waals surface area contributed by atoms with Crippen LogP contribution >= 0.6 is 0 Å². The van der Waals surface area contributed by atoms with Crippen molar-refractivity contribution in [2.45, 2.75) is 32.4 Å². The molecule has 2 heterocycles. The highest BCUT2D eigenvalue weighted by molar-refractivity contribution is 5.77. The van der Waals surface area contributed by atoms with Gasteiger partial charge in [-0.25, -0.2) is 4.98 Å². The number of benzene rings is 2. The topological polar surface area (TPSA) is 70.2 Å². The number of aromatic amines is 1. The smallest absolute Gasteiger partial charge is 0.220 e. The number of aromatic nitrogens is 2. The fourth-order valence-corrected chi connectivity index (χ4v) is 3.72. The second-order valence-corrected chi connectivity index (χ2v) is 7.25. The van der Waals surface area contributed by atoms with E-state index >= 15 is 0 Å². The van der Waals surface area contributed by atoms with Crippen molar-refractivity contribution in [3.63, 3.8) is 0 Å². The number of nitrogens with zero attached hydrogens (tertiary/aromatic N) is 2. The maximum atomic E-state index is 12.1. The Morgan fingerprint density at radius 3 is 2.75 bits per heavy atom. The SMILES string of the molecule is COc1ccc2nc(CCNC(=O)CCCN3Cc4ccccc4C3)[nH]c2c1. The molecular weight excluding hydrogens is 352 g/mol. The van der Waals surface area contributed by atoms with Crippen molar-refractivity contribution in [2.75, 3.05) is 20.2 Å². The molecule has 1 amide bonds. The maximum absolute atomic E-state index is 12.1. The Bertz CT molecular complexity index is 941. The molecule has 0 unspecified atom stereocenters. The second kappa shape index (κ2) is 8.44. The van der Waals surface area contributed by atoms with Gasteiger partial charge in [-0.2, -0.15) is 0 Å². The van der Waals surface area contributed by atoms with Crippen LogP contribution in [0.15, 0.2) is 42.5 Å². The molecule has 146 valence electrons. The summed E-state index contributed by atoms with van der Waals surface area (Å²) in [5, 5.41) is 3.00. The van der Waals surface area contributed by atoms with E-state index in [0.717, 1.165) is 48.7 Å². The maximum Gasteiger partial charge on any atom is 0.220 e. The van der Waals surface area contributed by atoms with Crippen LogP contribution in [-0.2, 0) is 24.3 Å². The van der Waals surface area contributed by atoms with Crippen molar-refractivity contribution < 1.29 is 9.53 Å². The molecule has 1 aliphatic heterocycles. The van der Waals surface area contributed by atoms with Crippen LogP contribution in [0.5, 0.6) is 5.75 Å². The number of rotatable bonds is 8. The minimum atomic E-state index is 0.106. The predicted molar refractivity (Wildman–Crippen MR) is 109 cm³/mol. The highest BCUT2D eigenvalue weighted by Crippen LogP contribution is 2.22. The number of amides is 1. The van der Waals surface area contributed by atoms with E-state index in [4.69, 9.17) is 4.74 Å². The monoisotopic (exact) mass is 378 g/mol. The molecule has 2 aromatic carbocycles. The zero-order valence-corrected chi connectivity index (χ0v) is 16.2. The molecule has 28 heavy (non-hydrogen) atoms. The van der Waals surface area contributed by atoms with Crippen molar-refractivity contribution in [1.82, 2.24) is 20.2 Å². The molecule has 0 saturated carbocycles. The molecule has 4 rings (SSSR count). The molecule has 0 aliphatic carbocycles. The lowest BCUT2D eigenvalue weighted by Crippen LogP contribution is -2.27. The normalized spacial score (nSPS) is 13.6. The summed E-state index contributed by atoms with van der Waals surface area (Å²) in [5.74, 6) is 1.78. The van der Waals surface area contributed by atoms with Crippen LogP contribution in [-0.4, -0.2) is 41.0 Å². The van der Waals surface area contributed by atoms with Gasteiger partial charge in [-0.15, -0.1) is 0 Å². The van der Waals surface area contributed by atoms with E-state index in [1.807, 2.05) is 18.2 Å². The molecule has 0 atom stereocenters. The van der Waals surface area contributed by atoms with Crippen LogP contribution < -0.4 is 10.1 Å². The number of fused-ring (bicyclic) bond motifs is 2. The first-order valence-corrected chi connectivity index (χ1v) is 9.80. The molecule has 6 heteroatoms. The van der Waals surface area contributed by atoms with Crippen LogP contribution in [0.4, 0.5) is 0 Å². The fraction of sp³-hybridized carbons (Fsp3) is 0.364. The van der Waals surface area contributed by atoms with Gasteiger partial charge < -0.3 is 15.0 Å². The summed E-state index contributed by atoms with van der Waals surface area (Å²) < 4.78 is 5.23. The number of carbonyl (C=O) groups excluding carboxylic acids is 1. The summed E-state index contributed by atoms with van der Waals surface area (Å²) in [5.41, 5.74) is 4.69. The van der Waals surface area contributed by atoms with Gasteiger partial charge in [-0.3, -0.25) is 9.69 Å². The minimum absolute atomic E-state index is 0.106. The van der Waals surface area contributed by atoms with E-state index in [0.29, 0.717) is 19.4 Å². The van der Waals surface area contributed by atoms with E-state index in [2.05, 4.69) is 44.5 Å². The quantitative estimate of drug-likeness (QED) is 0.632. The molecule has 3 aromatic rings. The molecule has 1 aliphatic rings.